The van der Waals surface area contributed by atoms with E-state index in [0.29, 0.717) is 31.2 Å². The first kappa shape index (κ1) is 20.2. The van der Waals surface area contributed by atoms with E-state index in [1.165, 1.54) is 10.7 Å². The van der Waals surface area contributed by atoms with E-state index in [-0.39, 0.29) is 30.3 Å². The highest BCUT2D eigenvalue weighted by atomic mass is 19.1. The molecule has 0 N–H and O–H groups in total. The number of hydrogen-bond acceptors (Lipinski definition) is 7. The van der Waals surface area contributed by atoms with Crippen molar-refractivity contribution in [3.8, 4) is 0 Å². The summed E-state index contributed by atoms with van der Waals surface area (Å²) in [6, 6.07) is 6.82. The number of esters is 1. The number of carbonyl (C=O) groups excluding carboxylic acids is 1. The maximum absolute atomic E-state index is 14.1. The Morgan fingerprint density at radius 2 is 1.93 bits per heavy atom. The number of halogens is 1. The van der Waals surface area contributed by atoms with Gasteiger partial charge in [0, 0.05) is 26.2 Å². The average Bonchev–Trinajstić information content (AvgIpc) is 3.10. The van der Waals surface area contributed by atoms with Gasteiger partial charge >= 0.3 is 5.97 Å². The third-order valence-electron chi connectivity index (χ3n) is 4.94. The first-order valence-corrected chi connectivity index (χ1v) is 9.66. The minimum absolute atomic E-state index is 0.00537. The van der Waals surface area contributed by atoms with E-state index in [1.54, 1.807) is 13.0 Å². The fourth-order valence-corrected chi connectivity index (χ4v) is 3.70. The second-order valence-corrected chi connectivity index (χ2v) is 7.16. The van der Waals surface area contributed by atoms with Crippen molar-refractivity contribution in [2.24, 2.45) is 5.92 Å². The second kappa shape index (κ2) is 9.09. The van der Waals surface area contributed by atoms with Crippen LogP contribution in [-0.4, -0.2) is 63.9 Å². The Morgan fingerprint density at radius 3 is 2.57 bits per heavy atom. The highest BCUT2D eigenvalue weighted by Gasteiger charge is 2.32. The number of benzene rings is 1. The maximum Gasteiger partial charge on any atom is 0.327 e. The molecule has 1 aromatic carbocycles. The maximum atomic E-state index is 14.1. The van der Waals surface area contributed by atoms with Crippen LogP contribution in [0.1, 0.15) is 32.6 Å². The standard InChI is InChI=1S/C19H27FN6O2/c1-4-28-17(27)13-26-19(21-22-23-26)18(14(2)3)25-11-9-24(10-12-25)16-8-6-5-7-15(16)20/h5-8,14,18H,4,9-13H2,1-3H3. The molecule has 1 atom stereocenters. The van der Waals surface area contributed by atoms with Crippen molar-refractivity contribution in [1.82, 2.24) is 25.1 Å². The molecule has 0 radical (unpaired) electrons. The van der Waals surface area contributed by atoms with Gasteiger partial charge in [0.25, 0.3) is 0 Å². The molecule has 2 aromatic rings. The second-order valence-electron chi connectivity index (χ2n) is 7.16. The molecule has 1 saturated heterocycles. The first-order valence-electron chi connectivity index (χ1n) is 9.66. The Bertz CT molecular complexity index is 788. The van der Waals surface area contributed by atoms with Gasteiger partial charge in [0.15, 0.2) is 5.82 Å². The molecule has 1 aliphatic rings. The number of para-hydroxylation sites is 1. The number of carbonyl (C=O) groups is 1. The quantitative estimate of drug-likeness (QED) is 0.668. The number of hydrogen-bond donors (Lipinski definition) is 0. The lowest BCUT2D eigenvalue weighted by Crippen LogP contribution is -2.49. The lowest BCUT2D eigenvalue weighted by molar-refractivity contribution is -0.144. The lowest BCUT2D eigenvalue weighted by Gasteiger charge is -2.41. The molecule has 0 bridgehead atoms. The molecule has 1 aliphatic heterocycles. The Kier molecular flexibility index (Phi) is 6.56. The van der Waals surface area contributed by atoms with Crippen molar-refractivity contribution in [1.29, 1.82) is 0 Å². The Hall–Kier alpha value is -2.55. The number of nitrogens with zero attached hydrogens (tertiary/aromatic N) is 6. The van der Waals surface area contributed by atoms with Crippen molar-refractivity contribution in [3.63, 3.8) is 0 Å². The van der Waals surface area contributed by atoms with Crippen LogP contribution in [0.4, 0.5) is 10.1 Å². The number of rotatable bonds is 7. The third-order valence-corrected chi connectivity index (χ3v) is 4.94. The summed E-state index contributed by atoms with van der Waals surface area (Å²) in [4.78, 5) is 16.2. The molecule has 2 heterocycles. The van der Waals surface area contributed by atoms with Crippen LogP contribution in [-0.2, 0) is 16.1 Å². The zero-order valence-corrected chi connectivity index (χ0v) is 16.6. The fourth-order valence-electron chi connectivity index (χ4n) is 3.70. The van der Waals surface area contributed by atoms with E-state index in [9.17, 15) is 9.18 Å². The number of aromatic nitrogens is 4. The largest absolute Gasteiger partial charge is 0.465 e. The summed E-state index contributed by atoms with van der Waals surface area (Å²) in [5, 5.41) is 12.0. The minimum atomic E-state index is -0.358. The van der Waals surface area contributed by atoms with Gasteiger partial charge in [-0.1, -0.05) is 26.0 Å². The Labute approximate surface area is 164 Å². The van der Waals surface area contributed by atoms with Gasteiger partial charge in [-0.25, -0.2) is 9.07 Å². The molecule has 9 heteroatoms. The Morgan fingerprint density at radius 1 is 1.21 bits per heavy atom. The van der Waals surface area contributed by atoms with Crippen molar-refractivity contribution >= 4 is 11.7 Å². The van der Waals surface area contributed by atoms with E-state index < -0.39 is 0 Å². The number of tetrazole rings is 1. The summed E-state index contributed by atoms with van der Waals surface area (Å²) in [6.45, 7) is 9.23. The van der Waals surface area contributed by atoms with Gasteiger partial charge in [-0.2, -0.15) is 0 Å². The van der Waals surface area contributed by atoms with E-state index in [2.05, 4.69) is 39.2 Å². The highest BCUT2D eigenvalue weighted by molar-refractivity contribution is 5.69. The molecule has 0 aliphatic carbocycles. The molecule has 0 spiro atoms. The van der Waals surface area contributed by atoms with Crippen LogP contribution < -0.4 is 4.90 Å². The van der Waals surface area contributed by atoms with Crippen molar-refractivity contribution in [2.75, 3.05) is 37.7 Å². The van der Waals surface area contributed by atoms with Crippen LogP contribution >= 0.6 is 0 Å². The van der Waals surface area contributed by atoms with Gasteiger partial charge in [0.1, 0.15) is 12.4 Å². The summed E-state index contributed by atoms with van der Waals surface area (Å²) in [7, 11) is 0. The van der Waals surface area contributed by atoms with Gasteiger partial charge in [0.2, 0.25) is 0 Å². The van der Waals surface area contributed by atoms with E-state index >= 15 is 0 Å². The summed E-state index contributed by atoms with van der Waals surface area (Å²) in [5.41, 5.74) is 0.635. The van der Waals surface area contributed by atoms with Crippen LogP contribution in [0.2, 0.25) is 0 Å². The Balaban J connectivity index is 1.72. The molecule has 8 nitrogen and oxygen atoms in total. The molecule has 1 fully saturated rings. The summed E-state index contributed by atoms with van der Waals surface area (Å²) in [5.74, 6) is 0.340. The van der Waals surface area contributed by atoms with E-state index in [0.717, 1.165) is 13.1 Å². The fraction of sp³-hybridized carbons (Fsp3) is 0.579. The predicted molar refractivity (Wildman–Crippen MR) is 102 cm³/mol. The van der Waals surface area contributed by atoms with E-state index in [1.807, 2.05) is 12.1 Å². The SMILES string of the molecule is CCOC(=O)Cn1nnnc1C(C(C)C)N1CCN(c2ccccc2F)CC1. The monoisotopic (exact) mass is 390 g/mol. The van der Waals surface area contributed by atoms with Crippen LogP contribution in [0.5, 0.6) is 0 Å². The van der Waals surface area contributed by atoms with Crippen molar-refractivity contribution in [2.45, 2.75) is 33.4 Å². The third kappa shape index (κ3) is 4.46. The van der Waals surface area contributed by atoms with Crippen LogP contribution in [0.15, 0.2) is 24.3 Å². The van der Waals surface area contributed by atoms with Gasteiger partial charge < -0.3 is 9.64 Å². The molecule has 152 valence electrons. The molecule has 1 aromatic heterocycles. The zero-order chi connectivity index (χ0) is 20.1. The van der Waals surface area contributed by atoms with Crippen LogP contribution in [0.3, 0.4) is 0 Å². The predicted octanol–water partition coefficient (Wildman–Crippen LogP) is 1.89. The first-order chi connectivity index (χ1) is 13.5. The highest BCUT2D eigenvalue weighted by Crippen LogP contribution is 2.29. The summed E-state index contributed by atoms with van der Waals surface area (Å²) >= 11 is 0. The summed E-state index contributed by atoms with van der Waals surface area (Å²) < 4.78 is 20.6. The molecular weight excluding hydrogens is 363 g/mol. The van der Waals surface area contributed by atoms with Crippen LogP contribution in [0.25, 0.3) is 0 Å². The molecule has 1 unspecified atom stereocenters. The topological polar surface area (TPSA) is 76.4 Å². The van der Waals surface area contributed by atoms with Crippen LogP contribution in [0, 0.1) is 11.7 Å². The smallest absolute Gasteiger partial charge is 0.327 e. The van der Waals surface area contributed by atoms with Gasteiger partial charge in [0.05, 0.1) is 18.3 Å². The molecule has 28 heavy (non-hydrogen) atoms. The number of ether oxygens (including phenoxy) is 1. The zero-order valence-electron chi connectivity index (χ0n) is 16.6. The summed E-state index contributed by atoms with van der Waals surface area (Å²) in [6.07, 6.45) is 0. The normalized spacial score (nSPS) is 16.4. The minimum Gasteiger partial charge on any atom is -0.465 e. The van der Waals surface area contributed by atoms with Crippen molar-refractivity contribution < 1.29 is 13.9 Å². The van der Waals surface area contributed by atoms with E-state index in [4.69, 9.17) is 4.74 Å². The molecule has 0 amide bonds. The number of anilines is 1. The van der Waals surface area contributed by atoms with Gasteiger partial charge in [-0.05, 0) is 35.4 Å². The molecule has 3 rings (SSSR count). The average molecular weight is 390 g/mol. The lowest BCUT2D eigenvalue weighted by atomic mass is 10.0. The number of piperazine rings is 1. The van der Waals surface area contributed by atoms with Gasteiger partial charge in [-0.15, -0.1) is 5.10 Å². The molecular formula is C19H27FN6O2. The van der Waals surface area contributed by atoms with Gasteiger partial charge in [-0.3, -0.25) is 9.69 Å². The van der Waals surface area contributed by atoms with Crippen molar-refractivity contribution in [3.05, 3.63) is 35.9 Å². The molecule has 0 saturated carbocycles.